The highest BCUT2D eigenvalue weighted by atomic mass is 32.2. The largest absolute Gasteiger partial charge is 0.491 e. The first-order valence-corrected chi connectivity index (χ1v) is 12.2. The van der Waals surface area contributed by atoms with Crippen LogP contribution in [0.25, 0.3) is 5.70 Å². The molecule has 0 aliphatic rings. The van der Waals surface area contributed by atoms with Crippen LogP contribution in [0.1, 0.15) is 25.0 Å². The Morgan fingerprint density at radius 3 is 2.00 bits per heavy atom. The summed E-state index contributed by atoms with van der Waals surface area (Å²) in [7, 11) is -2.67. The molecule has 3 rings (SSSR count). The number of pyridine rings is 1. The standard InChI is InChI=1S/C17H19NO2.C6H7N.C2H6O2S/c1-12(2)19-16-9-14(13(3)18)10-17(11-16)20-15-7-5-4-6-8-15;1-6-3-2-4-7-5-6;1-5(2,3)4/h4-12H,3,18H2,1-2H3;2-5H,1H3;1-2H3. The molecule has 0 bridgehead atoms. The van der Waals surface area contributed by atoms with Crippen molar-refractivity contribution in [2.45, 2.75) is 26.9 Å². The monoisotopic (exact) mass is 456 g/mol. The molecule has 1 heterocycles. The smallest absolute Gasteiger partial charge is 0.144 e. The van der Waals surface area contributed by atoms with Gasteiger partial charge in [-0.3, -0.25) is 4.98 Å². The molecule has 32 heavy (non-hydrogen) atoms. The highest BCUT2D eigenvalue weighted by Crippen LogP contribution is 2.29. The summed E-state index contributed by atoms with van der Waals surface area (Å²) in [6.07, 6.45) is 6.01. The van der Waals surface area contributed by atoms with E-state index in [4.69, 9.17) is 15.2 Å². The van der Waals surface area contributed by atoms with Crippen molar-refractivity contribution in [2.24, 2.45) is 5.73 Å². The van der Waals surface area contributed by atoms with E-state index in [1.54, 1.807) is 6.20 Å². The van der Waals surface area contributed by atoms with E-state index >= 15 is 0 Å². The Bertz CT molecular complexity index is 1060. The van der Waals surface area contributed by atoms with E-state index in [9.17, 15) is 8.42 Å². The number of para-hydroxylation sites is 1. The SMILES string of the molecule is C=C(N)c1cc(Oc2ccccc2)cc(OC(C)C)c1.CS(C)(=O)=O.Cc1cccnc1. The summed E-state index contributed by atoms with van der Waals surface area (Å²) >= 11 is 0. The fourth-order valence-electron chi connectivity index (χ4n) is 2.23. The van der Waals surface area contributed by atoms with Crippen molar-refractivity contribution >= 4 is 15.5 Å². The third kappa shape index (κ3) is 13.1. The van der Waals surface area contributed by atoms with Crippen LogP contribution in [0.3, 0.4) is 0 Å². The summed E-state index contributed by atoms with van der Waals surface area (Å²) in [6, 6.07) is 19.1. The Labute approximate surface area is 191 Å². The molecule has 1 aromatic heterocycles. The molecule has 0 saturated carbocycles. The molecule has 2 aromatic carbocycles. The van der Waals surface area contributed by atoms with Crippen molar-refractivity contribution < 1.29 is 17.9 Å². The van der Waals surface area contributed by atoms with E-state index in [-0.39, 0.29) is 6.10 Å². The van der Waals surface area contributed by atoms with Gasteiger partial charge in [0.05, 0.1) is 6.10 Å². The molecule has 172 valence electrons. The molecule has 6 nitrogen and oxygen atoms in total. The normalized spacial score (nSPS) is 10.2. The zero-order valence-electron chi connectivity index (χ0n) is 19.3. The number of hydrogen-bond donors (Lipinski definition) is 1. The lowest BCUT2D eigenvalue weighted by molar-refractivity contribution is 0.241. The Balaban J connectivity index is 0.000000349. The average molecular weight is 457 g/mol. The molecule has 0 amide bonds. The van der Waals surface area contributed by atoms with E-state index in [2.05, 4.69) is 11.6 Å². The molecule has 0 saturated heterocycles. The van der Waals surface area contributed by atoms with E-state index in [1.807, 2.05) is 87.6 Å². The summed E-state index contributed by atoms with van der Waals surface area (Å²) in [6.45, 7) is 9.73. The van der Waals surface area contributed by atoms with Crippen LogP contribution in [-0.4, -0.2) is 32.0 Å². The van der Waals surface area contributed by atoms with Crippen LogP contribution in [0.4, 0.5) is 0 Å². The fraction of sp³-hybridized carbons (Fsp3) is 0.240. The number of aromatic nitrogens is 1. The Morgan fingerprint density at radius 1 is 0.969 bits per heavy atom. The topological polar surface area (TPSA) is 91.5 Å². The van der Waals surface area contributed by atoms with Crippen molar-refractivity contribution in [3.63, 3.8) is 0 Å². The van der Waals surface area contributed by atoms with Gasteiger partial charge in [0.15, 0.2) is 0 Å². The van der Waals surface area contributed by atoms with Crippen LogP contribution in [-0.2, 0) is 9.84 Å². The molecular formula is C25H32N2O4S. The van der Waals surface area contributed by atoms with Crippen LogP contribution in [0, 0.1) is 6.92 Å². The number of nitrogens with two attached hydrogens (primary N) is 1. The highest BCUT2D eigenvalue weighted by Gasteiger charge is 2.07. The van der Waals surface area contributed by atoms with Gasteiger partial charge in [-0.15, -0.1) is 0 Å². The van der Waals surface area contributed by atoms with Crippen molar-refractivity contribution in [3.8, 4) is 17.2 Å². The van der Waals surface area contributed by atoms with Gasteiger partial charge in [0.2, 0.25) is 0 Å². The van der Waals surface area contributed by atoms with Gasteiger partial charge >= 0.3 is 0 Å². The van der Waals surface area contributed by atoms with E-state index < -0.39 is 9.84 Å². The second kappa shape index (κ2) is 13.2. The van der Waals surface area contributed by atoms with Crippen LogP contribution in [0.2, 0.25) is 0 Å². The van der Waals surface area contributed by atoms with Crippen molar-refractivity contribution in [3.05, 3.63) is 90.8 Å². The lowest BCUT2D eigenvalue weighted by atomic mass is 10.1. The number of aryl methyl sites for hydroxylation is 1. The molecule has 0 atom stereocenters. The first-order chi connectivity index (χ1) is 14.9. The zero-order valence-corrected chi connectivity index (χ0v) is 20.1. The Hall–Kier alpha value is -3.32. The molecule has 3 aromatic rings. The van der Waals surface area contributed by atoms with Crippen LogP contribution < -0.4 is 15.2 Å². The minimum Gasteiger partial charge on any atom is -0.491 e. The van der Waals surface area contributed by atoms with Crippen molar-refractivity contribution in [2.75, 3.05) is 12.5 Å². The van der Waals surface area contributed by atoms with Crippen molar-refractivity contribution in [1.82, 2.24) is 4.98 Å². The van der Waals surface area contributed by atoms with Gasteiger partial charge in [0, 0.05) is 42.2 Å². The molecule has 0 unspecified atom stereocenters. The number of sulfone groups is 1. The molecule has 2 N–H and O–H groups in total. The van der Waals surface area contributed by atoms with E-state index in [1.165, 1.54) is 5.56 Å². The lowest BCUT2D eigenvalue weighted by Crippen LogP contribution is -2.06. The average Bonchev–Trinajstić information content (AvgIpc) is 2.68. The molecule has 0 fully saturated rings. The molecule has 0 aliphatic carbocycles. The number of ether oxygens (including phenoxy) is 2. The maximum Gasteiger partial charge on any atom is 0.144 e. The number of rotatable bonds is 5. The van der Waals surface area contributed by atoms with Gasteiger partial charge in [-0.25, -0.2) is 8.42 Å². The maximum absolute atomic E-state index is 9.63. The van der Waals surface area contributed by atoms with Gasteiger partial charge in [0.25, 0.3) is 0 Å². The van der Waals surface area contributed by atoms with Crippen LogP contribution in [0.15, 0.2) is 79.6 Å². The second-order valence-corrected chi connectivity index (χ2v) is 9.76. The van der Waals surface area contributed by atoms with Gasteiger partial charge in [-0.2, -0.15) is 0 Å². The Kier molecular flexibility index (Phi) is 11.0. The third-order valence-electron chi connectivity index (χ3n) is 3.41. The number of benzene rings is 2. The summed E-state index contributed by atoms with van der Waals surface area (Å²) < 4.78 is 30.8. The summed E-state index contributed by atoms with van der Waals surface area (Å²) in [5.74, 6) is 2.16. The summed E-state index contributed by atoms with van der Waals surface area (Å²) in [5.41, 5.74) is 8.26. The van der Waals surface area contributed by atoms with Crippen LogP contribution in [0.5, 0.6) is 17.2 Å². The quantitative estimate of drug-likeness (QED) is 0.564. The zero-order chi connectivity index (χ0) is 24.1. The maximum atomic E-state index is 9.63. The van der Waals surface area contributed by atoms with Gasteiger partial charge in [-0.05, 0) is 56.7 Å². The lowest BCUT2D eigenvalue weighted by Gasteiger charge is -2.14. The fourth-order valence-corrected chi connectivity index (χ4v) is 2.23. The molecule has 0 radical (unpaired) electrons. The number of hydrogen-bond acceptors (Lipinski definition) is 6. The first kappa shape index (κ1) is 26.7. The molecule has 7 heteroatoms. The van der Waals surface area contributed by atoms with Gasteiger partial charge < -0.3 is 15.2 Å². The molecular weight excluding hydrogens is 424 g/mol. The predicted molar refractivity (Wildman–Crippen MR) is 132 cm³/mol. The van der Waals surface area contributed by atoms with E-state index in [0.29, 0.717) is 11.4 Å². The minimum atomic E-state index is -2.67. The third-order valence-corrected chi connectivity index (χ3v) is 3.41. The summed E-state index contributed by atoms with van der Waals surface area (Å²) in [4.78, 5) is 3.88. The minimum absolute atomic E-state index is 0.0841. The first-order valence-electron chi connectivity index (χ1n) is 9.95. The highest BCUT2D eigenvalue weighted by molar-refractivity contribution is 7.89. The molecule has 0 aliphatic heterocycles. The Morgan fingerprint density at radius 2 is 1.56 bits per heavy atom. The molecule has 0 spiro atoms. The van der Waals surface area contributed by atoms with E-state index in [0.717, 1.165) is 29.6 Å². The van der Waals surface area contributed by atoms with Gasteiger partial charge in [-0.1, -0.05) is 30.8 Å². The number of nitrogens with zero attached hydrogens (tertiary/aromatic N) is 1. The van der Waals surface area contributed by atoms with Crippen molar-refractivity contribution in [1.29, 1.82) is 0 Å². The predicted octanol–water partition coefficient (Wildman–Crippen LogP) is 5.25. The second-order valence-electron chi connectivity index (χ2n) is 7.47. The summed E-state index contributed by atoms with van der Waals surface area (Å²) in [5, 5.41) is 0. The van der Waals surface area contributed by atoms with Crippen LogP contribution >= 0.6 is 0 Å². The van der Waals surface area contributed by atoms with Gasteiger partial charge in [0.1, 0.15) is 27.1 Å².